The van der Waals surface area contributed by atoms with Crippen LogP contribution in [0.4, 0.5) is 11.6 Å². The van der Waals surface area contributed by atoms with Crippen LogP contribution in [0.5, 0.6) is 0 Å². The minimum absolute atomic E-state index is 0.178. The fourth-order valence-electron chi connectivity index (χ4n) is 3.94. The Morgan fingerprint density at radius 2 is 1.79 bits per heavy atom. The fraction of sp³-hybridized carbons (Fsp3) is 0.409. The molecule has 3 aromatic rings. The summed E-state index contributed by atoms with van der Waals surface area (Å²) in [6.45, 7) is 9.04. The molecule has 0 saturated carbocycles. The average Bonchev–Trinajstić information content (AvgIpc) is 3.18. The highest BCUT2D eigenvalue weighted by Crippen LogP contribution is 2.20. The molecule has 7 nitrogen and oxygen atoms in total. The molecular weight excluding hydrogens is 364 g/mol. The molecule has 1 N–H and O–H groups in total. The van der Waals surface area contributed by atoms with Gasteiger partial charge in [0.15, 0.2) is 11.6 Å². The number of piperazine rings is 1. The maximum Gasteiger partial charge on any atom is 0.227 e. The normalized spacial score (nSPS) is 14.4. The van der Waals surface area contributed by atoms with Crippen LogP contribution in [0.2, 0.25) is 0 Å². The summed E-state index contributed by atoms with van der Waals surface area (Å²) in [5.74, 6) is 1.97. The van der Waals surface area contributed by atoms with Crippen LogP contribution < -0.4 is 9.80 Å². The summed E-state index contributed by atoms with van der Waals surface area (Å²) in [7, 11) is 0. The van der Waals surface area contributed by atoms with Crippen LogP contribution in [0.3, 0.4) is 0 Å². The number of nitrogens with zero attached hydrogens (tertiary/aromatic N) is 5. The van der Waals surface area contributed by atoms with Crippen molar-refractivity contribution in [2.45, 2.75) is 20.3 Å². The SMILES string of the molecule is CCN(CC)c1ccc(N2CCN(C(=O)Cc3c[nH]c4ccccc34)CC2)nn1. The van der Waals surface area contributed by atoms with E-state index in [4.69, 9.17) is 0 Å². The van der Waals surface area contributed by atoms with E-state index in [0.29, 0.717) is 19.5 Å². The van der Waals surface area contributed by atoms with Gasteiger partial charge in [-0.15, -0.1) is 10.2 Å². The Balaban J connectivity index is 1.35. The van der Waals surface area contributed by atoms with E-state index in [9.17, 15) is 4.79 Å². The molecule has 1 aliphatic rings. The van der Waals surface area contributed by atoms with Crippen LogP contribution in [0.1, 0.15) is 19.4 Å². The van der Waals surface area contributed by atoms with Crippen molar-refractivity contribution in [1.29, 1.82) is 0 Å². The molecule has 3 heterocycles. The Morgan fingerprint density at radius 1 is 1.03 bits per heavy atom. The molecule has 1 aliphatic heterocycles. The number of para-hydroxylation sites is 1. The van der Waals surface area contributed by atoms with Gasteiger partial charge in [-0.1, -0.05) is 18.2 Å². The number of aromatic nitrogens is 3. The lowest BCUT2D eigenvalue weighted by atomic mass is 10.1. The molecule has 0 atom stereocenters. The smallest absolute Gasteiger partial charge is 0.227 e. The van der Waals surface area contributed by atoms with Crippen molar-refractivity contribution in [3.05, 3.63) is 48.2 Å². The number of carbonyl (C=O) groups is 1. The second kappa shape index (κ2) is 8.51. The van der Waals surface area contributed by atoms with Crippen molar-refractivity contribution in [3.8, 4) is 0 Å². The molecule has 1 aromatic carbocycles. The van der Waals surface area contributed by atoms with Crippen LogP contribution in [-0.4, -0.2) is 65.3 Å². The number of hydrogen-bond acceptors (Lipinski definition) is 5. The highest BCUT2D eigenvalue weighted by Gasteiger charge is 2.23. The Morgan fingerprint density at radius 3 is 2.48 bits per heavy atom. The van der Waals surface area contributed by atoms with Gasteiger partial charge in [-0.25, -0.2) is 0 Å². The first kappa shape index (κ1) is 19.2. The maximum absolute atomic E-state index is 12.8. The molecule has 7 heteroatoms. The van der Waals surface area contributed by atoms with Gasteiger partial charge in [0.2, 0.25) is 5.91 Å². The third-order valence-electron chi connectivity index (χ3n) is 5.70. The van der Waals surface area contributed by atoms with E-state index in [-0.39, 0.29) is 5.91 Å². The van der Waals surface area contributed by atoms with Gasteiger partial charge in [0.05, 0.1) is 6.42 Å². The second-order valence-electron chi connectivity index (χ2n) is 7.33. The highest BCUT2D eigenvalue weighted by atomic mass is 16.2. The van der Waals surface area contributed by atoms with Crippen molar-refractivity contribution in [2.24, 2.45) is 0 Å². The van der Waals surface area contributed by atoms with Gasteiger partial charge >= 0.3 is 0 Å². The molecule has 0 unspecified atom stereocenters. The predicted molar refractivity (Wildman–Crippen MR) is 116 cm³/mol. The third kappa shape index (κ3) is 4.04. The van der Waals surface area contributed by atoms with E-state index in [1.807, 2.05) is 41.4 Å². The monoisotopic (exact) mass is 392 g/mol. The van der Waals surface area contributed by atoms with Crippen molar-refractivity contribution >= 4 is 28.4 Å². The largest absolute Gasteiger partial charge is 0.361 e. The molecule has 1 fully saturated rings. The minimum Gasteiger partial charge on any atom is -0.361 e. The molecule has 2 aromatic heterocycles. The zero-order valence-corrected chi connectivity index (χ0v) is 17.1. The molecule has 29 heavy (non-hydrogen) atoms. The van der Waals surface area contributed by atoms with Gasteiger partial charge in [0.1, 0.15) is 0 Å². The van der Waals surface area contributed by atoms with Gasteiger partial charge in [0.25, 0.3) is 0 Å². The molecule has 152 valence electrons. The van der Waals surface area contributed by atoms with Crippen molar-refractivity contribution in [3.63, 3.8) is 0 Å². The number of H-pyrrole nitrogens is 1. The summed E-state index contributed by atoms with van der Waals surface area (Å²) in [5.41, 5.74) is 2.14. The Bertz CT molecular complexity index is 955. The van der Waals surface area contributed by atoms with E-state index < -0.39 is 0 Å². The van der Waals surface area contributed by atoms with Gasteiger partial charge in [-0.05, 0) is 37.6 Å². The highest BCUT2D eigenvalue weighted by molar-refractivity contribution is 5.89. The van der Waals surface area contributed by atoms with Gasteiger partial charge in [0, 0.05) is 56.4 Å². The summed E-state index contributed by atoms with van der Waals surface area (Å²) in [6.07, 6.45) is 2.38. The van der Waals surface area contributed by atoms with E-state index in [2.05, 4.69) is 44.9 Å². The second-order valence-corrected chi connectivity index (χ2v) is 7.33. The van der Waals surface area contributed by atoms with E-state index >= 15 is 0 Å². The minimum atomic E-state index is 0.178. The Labute approximate surface area is 171 Å². The van der Waals surface area contributed by atoms with E-state index in [1.54, 1.807) is 0 Å². The number of nitrogens with one attached hydrogen (secondary N) is 1. The molecule has 0 radical (unpaired) electrons. The third-order valence-corrected chi connectivity index (χ3v) is 5.70. The number of carbonyl (C=O) groups excluding carboxylic acids is 1. The summed E-state index contributed by atoms with van der Waals surface area (Å²) < 4.78 is 0. The number of benzene rings is 1. The Hall–Kier alpha value is -3.09. The quantitative estimate of drug-likeness (QED) is 0.699. The summed E-state index contributed by atoms with van der Waals surface area (Å²) in [4.78, 5) is 22.4. The first-order valence-electron chi connectivity index (χ1n) is 10.4. The summed E-state index contributed by atoms with van der Waals surface area (Å²) >= 11 is 0. The van der Waals surface area contributed by atoms with Gasteiger partial charge in [-0.3, -0.25) is 4.79 Å². The number of aromatic amines is 1. The molecule has 1 saturated heterocycles. The number of fused-ring (bicyclic) bond motifs is 1. The first-order chi connectivity index (χ1) is 14.2. The lowest BCUT2D eigenvalue weighted by molar-refractivity contribution is -0.130. The molecule has 0 bridgehead atoms. The zero-order valence-electron chi connectivity index (χ0n) is 17.1. The van der Waals surface area contributed by atoms with Crippen LogP contribution >= 0.6 is 0 Å². The lowest BCUT2D eigenvalue weighted by Crippen LogP contribution is -2.49. The predicted octanol–water partition coefficient (Wildman–Crippen LogP) is 2.70. The summed E-state index contributed by atoms with van der Waals surface area (Å²) in [5, 5.41) is 9.92. The lowest BCUT2D eigenvalue weighted by Gasteiger charge is -2.35. The van der Waals surface area contributed by atoms with Crippen LogP contribution in [-0.2, 0) is 11.2 Å². The fourth-order valence-corrected chi connectivity index (χ4v) is 3.94. The first-order valence-corrected chi connectivity index (χ1v) is 10.4. The van der Waals surface area contributed by atoms with Crippen molar-refractivity contribution in [2.75, 3.05) is 49.1 Å². The molecule has 0 aliphatic carbocycles. The zero-order chi connectivity index (χ0) is 20.2. The van der Waals surface area contributed by atoms with Crippen molar-refractivity contribution in [1.82, 2.24) is 20.1 Å². The number of hydrogen-bond donors (Lipinski definition) is 1. The van der Waals surface area contributed by atoms with Crippen LogP contribution in [0.15, 0.2) is 42.6 Å². The maximum atomic E-state index is 12.8. The average molecular weight is 393 g/mol. The van der Waals surface area contributed by atoms with Gasteiger partial charge in [-0.2, -0.15) is 0 Å². The number of rotatable bonds is 6. The Kier molecular flexibility index (Phi) is 5.64. The summed E-state index contributed by atoms with van der Waals surface area (Å²) in [6, 6.07) is 12.2. The van der Waals surface area contributed by atoms with Crippen LogP contribution in [0, 0.1) is 0 Å². The topological polar surface area (TPSA) is 68.4 Å². The van der Waals surface area contributed by atoms with Crippen molar-refractivity contribution < 1.29 is 4.79 Å². The van der Waals surface area contributed by atoms with Gasteiger partial charge < -0.3 is 19.7 Å². The van der Waals surface area contributed by atoms with E-state index in [1.165, 1.54) is 0 Å². The molecule has 0 spiro atoms. The molecule has 4 rings (SSSR count). The van der Waals surface area contributed by atoms with Crippen LogP contribution in [0.25, 0.3) is 10.9 Å². The number of amides is 1. The van der Waals surface area contributed by atoms with E-state index in [0.717, 1.165) is 54.3 Å². The molecule has 1 amide bonds. The molecular formula is C22H28N6O. The standard InChI is InChI=1S/C22H28N6O/c1-3-26(4-2)20-9-10-21(25-24-20)27-11-13-28(14-12-27)22(29)15-17-16-23-19-8-6-5-7-18(17)19/h5-10,16,23H,3-4,11-15H2,1-2H3. The number of anilines is 2.